The van der Waals surface area contributed by atoms with Gasteiger partial charge in [-0.1, -0.05) is 6.58 Å². The lowest BCUT2D eigenvalue weighted by molar-refractivity contribution is 0.638. The zero-order chi connectivity index (χ0) is 6.57. The third-order valence-corrected chi connectivity index (χ3v) is 0.694. The number of halogens is 1. The molecule has 1 N–H and O–H groups in total. The standard InChI is InChI=1S/C6H10FN/c1-5(7)4-6(2)8-3/h4,8H,2H2,1,3H3/b5-4-. The van der Waals surface area contributed by atoms with Crippen molar-refractivity contribution < 1.29 is 4.39 Å². The first-order chi connectivity index (χ1) is 3.66. The summed E-state index contributed by atoms with van der Waals surface area (Å²) in [7, 11) is 1.70. The van der Waals surface area contributed by atoms with Crippen molar-refractivity contribution in [3.05, 3.63) is 24.2 Å². The summed E-state index contributed by atoms with van der Waals surface area (Å²) in [6.45, 7) is 4.86. The van der Waals surface area contributed by atoms with Crippen molar-refractivity contribution in [3.8, 4) is 0 Å². The Labute approximate surface area is 48.9 Å². The molecule has 0 amide bonds. The molecule has 2 heteroatoms. The minimum Gasteiger partial charge on any atom is -0.389 e. The van der Waals surface area contributed by atoms with Crippen LogP contribution in [-0.4, -0.2) is 7.05 Å². The molecule has 0 saturated carbocycles. The van der Waals surface area contributed by atoms with Gasteiger partial charge in [0.2, 0.25) is 0 Å². The van der Waals surface area contributed by atoms with Crippen LogP contribution in [0, 0.1) is 0 Å². The number of rotatable bonds is 2. The highest BCUT2D eigenvalue weighted by atomic mass is 19.1. The number of hydrogen-bond donors (Lipinski definition) is 1. The van der Waals surface area contributed by atoms with Gasteiger partial charge in [-0.3, -0.25) is 0 Å². The molecule has 0 fully saturated rings. The molecule has 0 spiro atoms. The quantitative estimate of drug-likeness (QED) is 0.539. The Morgan fingerprint density at radius 2 is 2.25 bits per heavy atom. The van der Waals surface area contributed by atoms with Gasteiger partial charge in [-0.05, 0) is 13.0 Å². The second-order valence-corrected chi connectivity index (χ2v) is 1.51. The molecule has 0 unspecified atom stereocenters. The molecule has 0 aromatic rings. The molecule has 46 valence electrons. The van der Waals surface area contributed by atoms with Crippen LogP contribution in [0.1, 0.15) is 6.92 Å². The van der Waals surface area contributed by atoms with Crippen molar-refractivity contribution >= 4 is 0 Å². The van der Waals surface area contributed by atoms with E-state index < -0.39 is 0 Å². The average molecular weight is 115 g/mol. The van der Waals surface area contributed by atoms with Crippen LogP contribution >= 0.6 is 0 Å². The summed E-state index contributed by atoms with van der Waals surface area (Å²) >= 11 is 0. The van der Waals surface area contributed by atoms with Gasteiger partial charge in [0.1, 0.15) is 0 Å². The van der Waals surface area contributed by atoms with Crippen molar-refractivity contribution in [2.24, 2.45) is 0 Å². The monoisotopic (exact) mass is 115 g/mol. The normalized spacial score (nSPS) is 11.1. The van der Waals surface area contributed by atoms with Crippen molar-refractivity contribution in [2.45, 2.75) is 6.92 Å². The molecule has 0 atom stereocenters. The summed E-state index contributed by atoms with van der Waals surface area (Å²) in [5, 5.41) is 2.69. The fourth-order valence-corrected chi connectivity index (χ4v) is 0.312. The molecule has 0 aliphatic heterocycles. The van der Waals surface area contributed by atoms with Crippen LogP contribution in [0.25, 0.3) is 0 Å². The molecule has 0 rings (SSSR count). The van der Waals surface area contributed by atoms with Crippen LogP contribution < -0.4 is 5.32 Å². The Hall–Kier alpha value is -0.790. The molecule has 0 aliphatic carbocycles. The average Bonchev–Trinajstić information content (AvgIpc) is 1.65. The summed E-state index contributed by atoms with van der Waals surface area (Å²) in [5.41, 5.74) is 0.588. The smallest absolute Gasteiger partial charge is 0.0989 e. The van der Waals surface area contributed by atoms with Gasteiger partial charge in [0.25, 0.3) is 0 Å². The second kappa shape index (κ2) is 3.24. The highest BCUT2D eigenvalue weighted by Gasteiger charge is 1.82. The van der Waals surface area contributed by atoms with Gasteiger partial charge >= 0.3 is 0 Å². The number of hydrogen-bond acceptors (Lipinski definition) is 1. The molecular formula is C6H10FN. The summed E-state index contributed by atoms with van der Waals surface area (Å²) in [6, 6.07) is 0. The van der Waals surface area contributed by atoms with E-state index in [1.807, 2.05) is 0 Å². The lowest BCUT2D eigenvalue weighted by Crippen LogP contribution is -2.00. The van der Waals surface area contributed by atoms with Crippen LogP contribution in [0.3, 0.4) is 0 Å². The highest BCUT2D eigenvalue weighted by molar-refractivity contribution is 5.13. The molecule has 1 nitrogen and oxygen atoms in total. The lowest BCUT2D eigenvalue weighted by atomic mass is 10.4. The molecule has 0 aliphatic rings. The molecule has 0 radical (unpaired) electrons. The van der Waals surface area contributed by atoms with Crippen molar-refractivity contribution in [1.29, 1.82) is 0 Å². The Morgan fingerprint density at radius 3 is 2.38 bits per heavy atom. The van der Waals surface area contributed by atoms with E-state index in [0.717, 1.165) is 0 Å². The topological polar surface area (TPSA) is 12.0 Å². The van der Waals surface area contributed by atoms with Gasteiger partial charge in [0.15, 0.2) is 0 Å². The van der Waals surface area contributed by atoms with E-state index in [1.54, 1.807) is 7.05 Å². The van der Waals surface area contributed by atoms with Crippen molar-refractivity contribution in [2.75, 3.05) is 7.05 Å². The summed E-state index contributed by atoms with van der Waals surface area (Å²) in [6.07, 6.45) is 1.33. The third kappa shape index (κ3) is 3.40. The van der Waals surface area contributed by atoms with E-state index >= 15 is 0 Å². The maximum Gasteiger partial charge on any atom is 0.0989 e. The first kappa shape index (κ1) is 7.21. The molecule has 0 aromatic heterocycles. The van der Waals surface area contributed by atoms with Gasteiger partial charge < -0.3 is 5.32 Å². The summed E-state index contributed by atoms with van der Waals surface area (Å²) < 4.78 is 11.9. The number of nitrogens with one attached hydrogen (secondary N) is 1. The van der Waals surface area contributed by atoms with Crippen LogP contribution in [0.5, 0.6) is 0 Å². The Kier molecular flexibility index (Phi) is 2.92. The van der Waals surface area contributed by atoms with Gasteiger partial charge in [-0.2, -0.15) is 0 Å². The van der Waals surface area contributed by atoms with Crippen LogP contribution in [0.15, 0.2) is 24.2 Å². The Balaban J connectivity index is 3.70. The minimum atomic E-state index is -0.232. The van der Waals surface area contributed by atoms with E-state index in [4.69, 9.17) is 0 Å². The minimum absolute atomic E-state index is 0.232. The fraction of sp³-hybridized carbons (Fsp3) is 0.333. The van der Waals surface area contributed by atoms with Crippen molar-refractivity contribution in [1.82, 2.24) is 5.32 Å². The fourth-order valence-electron chi connectivity index (χ4n) is 0.312. The molecule has 0 heterocycles. The molecule has 0 aromatic carbocycles. The van der Waals surface area contributed by atoms with Gasteiger partial charge in [0.05, 0.1) is 5.83 Å². The Bertz CT molecular complexity index is 112. The zero-order valence-electron chi connectivity index (χ0n) is 5.16. The van der Waals surface area contributed by atoms with Crippen LogP contribution in [0.2, 0.25) is 0 Å². The largest absolute Gasteiger partial charge is 0.389 e. The first-order valence-electron chi connectivity index (χ1n) is 2.37. The predicted molar refractivity (Wildman–Crippen MR) is 33.1 cm³/mol. The van der Waals surface area contributed by atoms with Gasteiger partial charge in [-0.25, -0.2) is 4.39 Å². The van der Waals surface area contributed by atoms with Crippen LogP contribution in [-0.2, 0) is 0 Å². The Morgan fingerprint density at radius 1 is 1.75 bits per heavy atom. The van der Waals surface area contributed by atoms with E-state index in [0.29, 0.717) is 5.70 Å². The van der Waals surface area contributed by atoms with E-state index in [-0.39, 0.29) is 5.83 Å². The SMILES string of the molecule is C=C(/C=C(/C)F)NC. The van der Waals surface area contributed by atoms with E-state index in [9.17, 15) is 4.39 Å². The summed E-state index contributed by atoms with van der Waals surface area (Å²) in [5.74, 6) is -0.232. The van der Waals surface area contributed by atoms with E-state index in [2.05, 4.69) is 11.9 Å². The van der Waals surface area contributed by atoms with Gasteiger partial charge in [-0.15, -0.1) is 0 Å². The number of likely N-dealkylation sites (N-methyl/N-ethyl adjacent to an activating group) is 1. The molecular weight excluding hydrogens is 105 g/mol. The molecule has 0 saturated heterocycles. The maximum absolute atomic E-state index is 11.9. The highest BCUT2D eigenvalue weighted by Crippen LogP contribution is 1.95. The van der Waals surface area contributed by atoms with Crippen LogP contribution in [0.4, 0.5) is 4.39 Å². The maximum atomic E-state index is 11.9. The lowest BCUT2D eigenvalue weighted by Gasteiger charge is -1.93. The second-order valence-electron chi connectivity index (χ2n) is 1.51. The summed E-state index contributed by atoms with van der Waals surface area (Å²) in [4.78, 5) is 0. The first-order valence-corrected chi connectivity index (χ1v) is 2.37. The molecule has 0 bridgehead atoms. The van der Waals surface area contributed by atoms with Gasteiger partial charge in [0, 0.05) is 12.7 Å². The zero-order valence-corrected chi connectivity index (χ0v) is 5.16. The molecule has 8 heavy (non-hydrogen) atoms. The van der Waals surface area contributed by atoms with E-state index in [1.165, 1.54) is 13.0 Å². The third-order valence-electron chi connectivity index (χ3n) is 0.694. The number of allylic oxidation sites excluding steroid dienone is 2. The van der Waals surface area contributed by atoms with Crippen molar-refractivity contribution in [3.63, 3.8) is 0 Å². The predicted octanol–water partition coefficient (Wildman–Crippen LogP) is 1.59.